The molecule has 0 saturated carbocycles. The Balaban J connectivity index is 1.70. The SMILES string of the molecule is CC(=O)c1ccc(S(=O)(=O)N2CCC(C(=O)c3ccc(C)cc3C)CC2)cc1. The van der Waals surface area contributed by atoms with Crippen molar-refractivity contribution in [2.45, 2.75) is 38.5 Å². The maximum Gasteiger partial charge on any atom is 0.243 e. The van der Waals surface area contributed by atoms with Crippen LogP contribution in [-0.4, -0.2) is 37.4 Å². The predicted molar refractivity (Wildman–Crippen MR) is 108 cm³/mol. The summed E-state index contributed by atoms with van der Waals surface area (Å²) in [4.78, 5) is 24.4. The minimum Gasteiger partial charge on any atom is -0.295 e. The summed E-state index contributed by atoms with van der Waals surface area (Å²) in [5.41, 5.74) is 3.29. The van der Waals surface area contributed by atoms with Gasteiger partial charge in [0.15, 0.2) is 11.6 Å². The summed E-state index contributed by atoms with van der Waals surface area (Å²) in [5, 5.41) is 0. The van der Waals surface area contributed by atoms with Gasteiger partial charge in [0, 0.05) is 30.1 Å². The molecular weight excluding hydrogens is 374 g/mol. The van der Waals surface area contributed by atoms with E-state index >= 15 is 0 Å². The molecule has 1 aliphatic rings. The highest BCUT2D eigenvalue weighted by molar-refractivity contribution is 7.89. The number of carbonyl (C=O) groups is 2. The number of hydrogen-bond donors (Lipinski definition) is 0. The molecule has 0 bridgehead atoms. The average molecular weight is 400 g/mol. The molecule has 0 atom stereocenters. The summed E-state index contributed by atoms with van der Waals surface area (Å²) < 4.78 is 27.2. The summed E-state index contributed by atoms with van der Waals surface area (Å²) in [6.45, 7) is 6.01. The van der Waals surface area contributed by atoms with E-state index in [-0.39, 0.29) is 22.4 Å². The monoisotopic (exact) mass is 399 g/mol. The van der Waals surface area contributed by atoms with Crippen molar-refractivity contribution in [3.63, 3.8) is 0 Å². The van der Waals surface area contributed by atoms with Gasteiger partial charge in [-0.3, -0.25) is 9.59 Å². The van der Waals surface area contributed by atoms with Gasteiger partial charge < -0.3 is 0 Å². The molecule has 2 aromatic rings. The number of Topliss-reactive ketones (excluding diaryl/α,β-unsaturated/α-hetero) is 2. The van der Waals surface area contributed by atoms with Crippen LogP contribution in [0.2, 0.25) is 0 Å². The average Bonchev–Trinajstić information content (AvgIpc) is 2.67. The van der Waals surface area contributed by atoms with E-state index in [0.717, 1.165) is 16.7 Å². The topological polar surface area (TPSA) is 71.5 Å². The number of nitrogens with zero attached hydrogens (tertiary/aromatic N) is 1. The number of rotatable bonds is 5. The second-order valence-corrected chi connectivity index (χ2v) is 9.38. The van der Waals surface area contributed by atoms with Crippen LogP contribution in [0.5, 0.6) is 0 Å². The summed E-state index contributed by atoms with van der Waals surface area (Å²) in [6.07, 6.45) is 1.02. The van der Waals surface area contributed by atoms with E-state index in [4.69, 9.17) is 0 Å². The molecule has 0 unspecified atom stereocenters. The van der Waals surface area contributed by atoms with Crippen molar-refractivity contribution < 1.29 is 18.0 Å². The van der Waals surface area contributed by atoms with Crippen LogP contribution in [-0.2, 0) is 10.0 Å². The summed E-state index contributed by atoms with van der Waals surface area (Å²) in [5.74, 6) is -0.164. The third-order valence-electron chi connectivity index (χ3n) is 5.37. The molecule has 148 valence electrons. The molecule has 0 amide bonds. The van der Waals surface area contributed by atoms with Gasteiger partial charge in [-0.1, -0.05) is 35.9 Å². The first-order chi connectivity index (χ1) is 13.2. The highest BCUT2D eigenvalue weighted by Gasteiger charge is 2.32. The number of sulfonamides is 1. The first-order valence-corrected chi connectivity index (χ1v) is 10.9. The molecule has 0 aliphatic carbocycles. The van der Waals surface area contributed by atoms with Gasteiger partial charge in [0.2, 0.25) is 10.0 Å². The molecule has 1 fully saturated rings. The number of ketones is 2. The van der Waals surface area contributed by atoms with Gasteiger partial charge in [0.25, 0.3) is 0 Å². The van der Waals surface area contributed by atoms with Gasteiger partial charge in [-0.05, 0) is 51.3 Å². The quantitative estimate of drug-likeness (QED) is 0.717. The van der Waals surface area contributed by atoms with Crippen molar-refractivity contribution in [1.29, 1.82) is 0 Å². The fraction of sp³-hybridized carbons (Fsp3) is 0.364. The Bertz CT molecular complexity index is 1000. The first kappa shape index (κ1) is 20.4. The third kappa shape index (κ3) is 4.08. The molecule has 1 aliphatic heterocycles. The molecule has 1 saturated heterocycles. The van der Waals surface area contributed by atoms with E-state index in [9.17, 15) is 18.0 Å². The van der Waals surface area contributed by atoms with Crippen LogP contribution in [0, 0.1) is 19.8 Å². The Hall–Kier alpha value is -2.31. The minimum absolute atomic E-state index is 0.0976. The van der Waals surface area contributed by atoms with E-state index in [1.807, 2.05) is 32.0 Å². The Morgan fingerprint density at radius 1 is 0.964 bits per heavy atom. The molecule has 2 aromatic carbocycles. The highest BCUT2D eigenvalue weighted by atomic mass is 32.2. The molecule has 5 nitrogen and oxygen atoms in total. The van der Waals surface area contributed by atoms with E-state index in [2.05, 4.69) is 0 Å². The maximum absolute atomic E-state index is 12.9. The van der Waals surface area contributed by atoms with Gasteiger partial charge >= 0.3 is 0 Å². The van der Waals surface area contributed by atoms with Crippen LogP contribution in [0.4, 0.5) is 0 Å². The Kier molecular flexibility index (Phi) is 5.82. The molecule has 3 rings (SSSR count). The zero-order valence-corrected chi connectivity index (χ0v) is 17.3. The zero-order chi connectivity index (χ0) is 20.5. The normalized spacial score (nSPS) is 16.1. The lowest BCUT2D eigenvalue weighted by atomic mass is 9.87. The fourth-order valence-electron chi connectivity index (χ4n) is 3.68. The number of benzene rings is 2. The largest absolute Gasteiger partial charge is 0.295 e. The van der Waals surface area contributed by atoms with Crippen molar-refractivity contribution in [2.75, 3.05) is 13.1 Å². The predicted octanol–water partition coefficient (Wildman–Crippen LogP) is 3.79. The van der Waals surface area contributed by atoms with Crippen LogP contribution < -0.4 is 0 Å². The van der Waals surface area contributed by atoms with E-state index in [1.54, 1.807) is 0 Å². The summed E-state index contributed by atoms with van der Waals surface area (Å²) >= 11 is 0. The molecule has 0 N–H and O–H groups in total. The lowest BCUT2D eigenvalue weighted by Crippen LogP contribution is -2.40. The molecule has 28 heavy (non-hydrogen) atoms. The van der Waals surface area contributed by atoms with Crippen LogP contribution in [0.25, 0.3) is 0 Å². The van der Waals surface area contributed by atoms with Gasteiger partial charge in [0.1, 0.15) is 0 Å². The molecular formula is C22H25NO4S. The van der Waals surface area contributed by atoms with Gasteiger partial charge in [-0.15, -0.1) is 0 Å². The molecule has 1 heterocycles. The van der Waals surface area contributed by atoms with E-state index in [0.29, 0.717) is 31.5 Å². The molecule has 0 radical (unpaired) electrons. The number of carbonyl (C=O) groups excluding carboxylic acids is 2. The van der Waals surface area contributed by atoms with E-state index in [1.165, 1.54) is 35.5 Å². The maximum atomic E-state index is 12.9. The van der Waals surface area contributed by atoms with Crippen molar-refractivity contribution in [1.82, 2.24) is 4.31 Å². The Labute approximate surface area is 166 Å². The Morgan fingerprint density at radius 2 is 1.57 bits per heavy atom. The van der Waals surface area contributed by atoms with Gasteiger partial charge in [-0.25, -0.2) is 8.42 Å². The third-order valence-corrected chi connectivity index (χ3v) is 7.28. The minimum atomic E-state index is -3.62. The summed E-state index contributed by atoms with van der Waals surface area (Å²) in [6, 6.07) is 11.8. The standard InChI is InChI=1S/C22H25NO4S/c1-15-4-9-21(16(2)14-15)22(25)19-10-12-23(13-11-19)28(26,27)20-7-5-18(6-8-20)17(3)24/h4-9,14,19H,10-13H2,1-3H3. The second kappa shape index (κ2) is 7.97. The van der Waals surface area contributed by atoms with E-state index < -0.39 is 10.0 Å². The highest BCUT2D eigenvalue weighted by Crippen LogP contribution is 2.27. The van der Waals surface area contributed by atoms with Crippen molar-refractivity contribution >= 4 is 21.6 Å². The summed E-state index contributed by atoms with van der Waals surface area (Å²) in [7, 11) is -3.62. The van der Waals surface area contributed by atoms with Crippen molar-refractivity contribution in [3.8, 4) is 0 Å². The van der Waals surface area contributed by atoms with Gasteiger partial charge in [0.05, 0.1) is 4.90 Å². The lowest BCUT2D eigenvalue weighted by Gasteiger charge is -2.30. The van der Waals surface area contributed by atoms with Crippen LogP contribution in [0.15, 0.2) is 47.4 Å². The molecule has 6 heteroatoms. The van der Waals surface area contributed by atoms with Crippen LogP contribution in [0.1, 0.15) is 51.6 Å². The molecule has 0 spiro atoms. The number of aryl methyl sites for hydroxylation is 2. The van der Waals surface area contributed by atoms with Crippen molar-refractivity contribution in [3.05, 3.63) is 64.7 Å². The first-order valence-electron chi connectivity index (χ1n) is 9.43. The smallest absolute Gasteiger partial charge is 0.243 e. The zero-order valence-electron chi connectivity index (χ0n) is 16.4. The second-order valence-electron chi connectivity index (χ2n) is 7.44. The number of hydrogen-bond acceptors (Lipinski definition) is 4. The molecule has 0 aromatic heterocycles. The van der Waals surface area contributed by atoms with Gasteiger partial charge in [-0.2, -0.15) is 4.31 Å². The van der Waals surface area contributed by atoms with Crippen molar-refractivity contribution in [2.24, 2.45) is 5.92 Å². The van der Waals surface area contributed by atoms with Crippen LogP contribution >= 0.6 is 0 Å². The van der Waals surface area contributed by atoms with Crippen LogP contribution in [0.3, 0.4) is 0 Å². The lowest BCUT2D eigenvalue weighted by molar-refractivity contribution is 0.0874. The Morgan fingerprint density at radius 3 is 2.11 bits per heavy atom. The number of piperidine rings is 1. The fourth-order valence-corrected chi connectivity index (χ4v) is 5.15.